The van der Waals surface area contributed by atoms with Gasteiger partial charge >= 0.3 is 5.97 Å². The van der Waals surface area contributed by atoms with Crippen molar-refractivity contribution in [3.63, 3.8) is 0 Å². The molecule has 2 aromatic carbocycles. The number of benzene rings is 2. The van der Waals surface area contributed by atoms with Gasteiger partial charge in [0.1, 0.15) is 11.3 Å². The van der Waals surface area contributed by atoms with Gasteiger partial charge in [0.05, 0.1) is 12.2 Å². The molecule has 6 nitrogen and oxygen atoms in total. The molecule has 0 fully saturated rings. The summed E-state index contributed by atoms with van der Waals surface area (Å²) in [7, 11) is 0. The highest BCUT2D eigenvalue weighted by Crippen LogP contribution is 2.15. The lowest BCUT2D eigenvalue weighted by Gasteiger charge is -2.07. The molecule has 3 rings (SSSR count). The normalized spacial score (nSPS) is 10.9. The van der Waals surface area contributed by atoms with Crippen LogP contribution in [0, 0.1) is 0 Å². The lowest BCUT2D eigenvalue weighted by Crippen LogP contribution is -2.19. The van der Waals surface area contributed by atoms with Crippen molar-refractivity contribution in [3.8, 4) is 5.75 Å². The summed E-state index contributed by atoms with van der Waals surface area (Å²) in [5, 5.41) is 12.2. The number of rotatable bonds is 10. The van der Waals surface area contributed by atoms with Crippen molar-refractivity contribution in [2.24, 2.45) is 0 Å². The highest BCUT2D eigenvalue weighted by Gasteiger charge is 2.04. The second-order valence-corrected chi connectivity index (χ2v) is 5.96. The lowest BCUT2D eigenvalue weighted by molar-refractivity contribution is 0.0697. The van der Waals surface area contributed by atoms with Crippen molar-refractivity contribution in [3.05, 3.63) is 60.0 Å². The van der Waals surface area contributed by atoms with E-state index in [0.29, 0.717) is 12.4 Å². The maximum atomic E-state index is 10.8. The Morgan fingerprint density at radius 3 is 2.65 bits per heavy atom. The molecule has 0 unspecified atom stereocenters. The molecule has 2 N–H and O–H groups in total. The first kappa shape index (κ1) is 17.9. The zero-order valence-corrected chi connectivity index (χ0v) is 14.5. The van der Waals surface area contributed by atoms with E-state index in [1.165, 1.54) is 0 Å². The van der Waals surface area contributed by atoms with Gasteiger partial charge in [0.2, 0.25) is 0 Å². The first-order chi connectivity index (χ1) is 12.7. The lowest BCUT2D eigenvalue weighted by atomic mass is 10.2. The van der Waals surface area contributed by atoms with Crippen molar-refractivity contribution in [1.82, 2.24) is 10.3 Å². The van der Waals surface area contributed by atoms with Crippen molar-refractivity contribution >= 4 is 17.1 Å². The predicted molar refractivity (Wildman–Crippen MR) is 98.7 cm³/mol. The molecule has 0 amide bonds. The zero-order chi connectivity index (χ0) is 18.2. The largest absolute Gasteiger partial charge is 0.494 e. The molecule has 0 aliphatic heterocycles. The molecule has 0 saturated heterocycles. The van der Waals surface area contributed by atoms with Crippen molar-refractivity contribution in [2.45, 2.75) is 19.3 Å². The number of hydrogen-bond donors (Lipinski definition) is 2. The van der Waals surface area contributed by atoms with Gasteiger partial charge in [-0.15, -0.1) is 0 Å². The highest BCUT2D eigenvalue weighted by molar-refractivity contribution is 5.87. The number of nitrogens with zero attached hydrogens (tertiary/aromatic N) is 1. The van der Waals surface area contributed by atoms with Crippen LogP contribution in [-0.4, -0.2) is 35.8 Å². The van der Waals surface area contributed by atoms with Crippen LogP contribution in [0.5, 0.6) is 5.75 Å². The number of fused-ring (bicyclic) bond motifs is 1. The van der Waals surface area contributed by atoms with Crippen molar-refractivity contribution in [1.29, 1.82) is 0 Å². The Morgan fingerprint density at radius 2 is 1.88 bits per heavy atom. The van der Waals surface area contributed by atoms with E-state index in [0.717, 1.165) is 49.3 Å². The SMILES string of the molecule is O=C(O)c1ccc(OCCCCNCCc2nc3ccccc3o2)cc1. The number of para-hydroxylation sites is 2. The molecule has 1 aromatic heterocycles. The molecule has 26 heavy (non-hydrogen) atoms. The van der Waals surface area contributed by atoms with Crippen LogP contribution in [0.4, 0.5) is 0 Å². The number of hydrogen-bond acceptors (Lipinski definition) is 5. The minimum absolute atomic E-state index is 0.264. The van der Waals surface area contributed by atoms with Crippen LogP contribution < -0.4 is 10.1 Å². The minimum Gasteiger partial charge on any atom is -0.494 e. The minimum atomic E-state index is -0.930. The first-order valence-electron chi connectivity index (χ1n) is 8.74. The van der Waals surface area contributed by atoms with Gasteiger partial charge in [-0.1, -0.05) is 12.1 Å². The van der Waals surface area contributed by atoms with Gasteiger partial charge in [-0.25, -0.2) is 9.78 Å². The maximum absolute atomic E-state index is 10.8. The molecule has 0 spiro atoms. The van der Waals surface area contributed by atoms with Crippen LogP contribution in [-0.2, 0) is 6.42 Å². The van der Waals surface area contributed by atoms with E-state index in [-0.39, 0.29) is 5.56 Å². The number of ether oxygens (including phenoxy) is 1. The van der Waals surface area contributed by atoms with Gasteiger partial charge in [-0.05, 0) is 55.8 Å². The van der Waals surface area contributed by atoms with Gasteiger partial charge in [-0.3, -0.25) is 0 Å². The van der Waals surface area contributed by atoms with Crippen LogP contribution in [0.1, 0.15) is 29.1 Å². The Bertz CT molecular complexity index is 809. The van der Waals surface area contributed by atoms with E-state index in [1.54, 1.807) is 24.3 Å². The molecular formula is C20H22N2O4. The average molecular weight is 354 g/mol. The van der Waals surface area contributed by atoms with Crippen molar-refractivity contribution in [2.75, 3.05) is 19.7 Å². The summed E-state index contributed by atoms with van der Waals surface area (Å²) in [4.78, 5) is 15.2. The van der Waals surface area contributed by atoms with Crippen molar-refractivity contribution < 1.29 is 19.1 Å². The van der Waals surface area contributed by atoms with Gasteiger partial charge in [0, 0.05) is 13.0 Å². The molecule has 1 heterocycles. The smallest absolute Gasteiger partial charge is 0.335 e. The fourth-order valence-corrected chi connectivity index (χ4v) is 2.58. The standard InChI is InChI=1S/C20H22N2O4/c23-20(24)15-7-9-16(10-8-15)25-14-4-3-12-21-13-11-19-22-17-5-1-2-6-18(17)26-19/h1-2,5-10,21H,3-4,11-14H2,(H,23,24). The van der Waals surface area contributed by atoms with Crippen LogP contribution >= 0.6 is 0 Å². The Morgan fingerprint density at radius 1 is 1.08 bits per heavy atom. The monoisotopic (exact) mass is 354 g/mol. The Kier molecular flexibility index (Phi) is 6.22. The fourth-order valence-electron chi connectivity index (χ4n) is 2.58. The molecule has 6 heteroatoms. The summed E-state index contributed by atoms with van der Waals surface area (Å²) in [6.45, 7) is 2.34. The number of carboxylic acids is 1. The molecule has 0 atom stereocenters. The average Bonchev–Trinajstić information content (AvgIpc) is 3.07. The number of carbonyl (C=O) groups is 1. The highest BCUT2D eigenvalue weighted by atomic mass is 16.5. The summed E-state index contributed by atoms with van der Waals surface area (Å²) in [5.41, 5.74) is 1.99. The number of nitrogens with one attached hydrogen (secondary N) is 1. The number of aromatic nitrogens is 1. The van der Waals surface area contributed by atoms with Crippen LogP contribution in [0.3, 0.4) is 0 Å². The number of aromatic carboxylic acids is 1. The fraction of sp³-hybridized carbons (Fsp3) is 0.300. The zero-order valence-electron chi connectivity index (χ0n) is 14.5. The summed E-state index contributed by atoms with van der Waals surface area (Å²) >= 11 is 0. The molecular weight excluding hydrogens is 332 g/mol. The van der Waals surface area contributed by atoms with Crippen LogP contribution in [0.2, 0.25) is 0 Å². The molecule has 0 saturated carbocycles. The molecule has 136 valence electrons. The number of oxazole rings is 1. The van der Waals surface area contributed by atoms with E-state index in [2.05, 4.69) is 10.3 Å². The predicted octanol–water partition coefficient (Wildman–Crippen LogP) is 3.52. The van der Waals surface area contributed by atoms with Crippen LogP contribution in [0.15, 0.2) is 52.9 Å². The number of carboxylic acid groups (broad SMARTS) is 1. The van der Waals surface area contributed by atoms with Crippen LogP contribution in [0.25, 0.3) is 11.1 Å². The van der Waals surface area contributed by atoms with E-state index in [4.69, 9.17) is 14.3 Å². The third-order valence-electron chi connectivity index (χ3n) is 3.97. The molecule has 0 aliphatic rings. The maximum Gasteiger partial charge on any atom is 0.335 e. The molecule has 3 aromatic rings. The Labute approximate surface area is 151 Å². The number of unbranched alkanes of at least 4 members (excludes halogenated alkanes) is 1. The van der Waals surface area contributed by atoms with Gasteiger partial charge < -0.3 is 19.6 Å². The topological polar surface area (TPSA) is 84.6 Å². The van der Waals surface area contributed by atoms with E-state index in [9.17, 15) is 4.79 Å². The molecule has 0 radical (unpaired) electrons. The van der Waals surface area contributed by atoms with Gasteiger partial charge in [0.15, 0.2) is 11.5 Å². The van der Waals surface area contributed by atoms with E-state index in [1.807, 2.05) is 24.3 Å². The van der Waals surface area contributed by atoms with Gasteiger partial charge in [0.25, 0.3) is 0 Å². The quantitative estimate of drug-likeness (QED) is 0.542. The Hall–Kier alpha value is -2.86. The summed E-state index contributed by atoms with van der Waals surface area (Å²) in [6.07, 6.45) is 2.69. The van der Waals surface area contributed by atoms with Gasteiger partial charge in [-0.2, -0.15) is 0 Å². The Balaban J connectivity index is 1.26. The second kappa shape index (κ2) is 9.01. The van der Waals surface area contributed by atoms with E-state index < -0.39 is 5.97 Å². The third-order valence-corrected chi connectivity index (χ3v) is 3.97. The third kappa shape index (κ3) is 5.07. The second-order valence-electron chi connectivity index (χ2n) is 5.96. The summed E-state index contributed by atoms with van der Waals surface area (Å²) in [5.74, 6) is 0.520. The summed E-state index contributed by atoms with van der Waals surface area (Å²) in [6, 6.07) is 14.2. The molecule has 0 aliphatic carbocycles. The first-order valence-corrected chi connectivity index (χ1v) is 8.74. The molecule has 0 bridgehead atoms. The summed E-state index contributed by atoms with van der Waals surface area (Å²) < 4.78 is 11.3. The van der Waals surface area contributed by atoms with E-state index >= 15 is 0 Å².